The van der Waals surface area contributed by atoms with Crippen LogP contribution in [0.4, 0.5) is 4.39 Å². The summed E-state index contributed by atoms with van der Waals surface area (Å²) in [5, 5.41) is 6.79. The Morgan fingerprint density at radius 1 is 1.07 bits per heavy atom. The summed E-state index contributed by atoms with van der Waals surface area (Å²) in [5.74, 6) is -1.46. The summed E-state index contributed by atoms with van der Waals surface area (Å²) in [6.07, 6.45) is 0. The van der Waals surface area contributed by atoms with Gasteiger partial charge in [0.15, 0.2) is 0 Å². The van der Waals surface area contributed by atoms with Gasteiger partial charge in [0.1, 0.15) is 18.9 Å². The van der Waals surface area contributed by atoms with Gasteiger partial charge in [-0.2, -0.15) is 4.68 Å². The van der Waals surface area contributed by atoms with Crippen LogP contribution in [0.5, 0.6) is 0 Å². The molecule has 2 aromatic carbocycles. The molecule has 0 saturated carbocycles. The third kappa shape index (κ3) is 5.64. The van der Waals surface area contributed by atoms with Gasteiger partial charge < -0.3 is 14.6 Å². The lowest BCUT2D eigenvalue weighted by molar-refractivity contribution is -0.910. The van der Waals surface area contributed by atoms with Gasteiger partial charge in [-0.3, -0.25) is 4.79 Å². The van der Waals surface area contributed by atoms with Gasteiger partial charge in [0.25, 0.3) is 0 Å². The van der Waals surface area contributed by atoms with E-state index in [2.05, 4.69) is 36.4 Å². The highest BCUT2D eigenvalue weighted by Gasteiger charge is 2.13. The van der Waals surface area contributed by atoms with Gasteiger partial charge in [-0.1, -0.05) is 24.3 Å². The van der Waals surface area contributed by atoms with Crippen LogP contribution in [0.1, 0.15) is 25.0 Å². The van der Waals surface area contributed by atoms with Crippen molar-refractivity contribution in [3.63, 3.8) is 0 Å². The van der Waals surface area contributed by atoms with Gasteiger partial charge in [0.2, 0.25) is 11.8 Å². The maximum absolute atomic E-state index is 13.0. The zero-order valence-corrected chi connectivity index (χ0v) is 17.2. The summed E-state index contributed by atoms with van der Waals surface area (Å²) < 4.78 is 19.0. The molecule has 30 heavy (non-hydrogen) atoms. The Balaban J connectivity index is 1.55. The van der Waals surface area contributed by atoms with Gasteiger partial charge in [0.05, 0.1) is 13.1 Å². The SMILES string of the molecule is CC[NH+](CC)Cc1ccc(CNC(=O)Cn2nc(-c3ccc(F)cc3)oc2=O)cc1. The van der Waals surface area contributed by atoms with Crippen molar-refractivity contribution in [2.45, 2.75) is 33.5 Å². The van der Waals surface area contributed by atoms with E-state index in [4.69, 9.17) is 4.42 Å². The molecule has 0 unspecified atom stereocenters. The average Bonchev–Trinajstić information content (AvgIpc) is 3.12. The topological polar surface area (TPSA) is 81.6 Å². The molecule has 1 heterocycles. The number of hydrogen-bond donors (Lipinski definition) is 2. The molecule has 158 valence electrons. The molecule has 0 aliphatic rings. The van der Waals surface area contributed by atoms with Crippen molar-refractivity contribution < 1.29 is 18.5 Å². The average molecular weight is 413 g/mol. The molecule has 3 rings (SSSR count). The van der Waals surface area contributed by atoms with Crippen molar-refractivity contribution >= 4 is 5.91 Å². The van der Waals surface area contributed by atoms with Gasteiger partial charge in [0, 0.05) is 17.7 Å². The molecule has 0 fully saturated rings. The fourth-order valence-corrected chi connectivity index (χ4v) is 3.07. The quantitative estimate of drug-likeness (QED) is 0.555. The van der Waals surface area contributed by atoms with Crippen molar-refractivity contribution in [3.8, 4) is 11.5 Å². The van der Waals surface area contributed by atoms with E-state index in [1.165, 1.54) is 34.7 Å². The minimum atomic E-state index is -0.743. The summed E-state index contributed by atoms with van der Waals surface area (Å²) in [6, 6.07) is 13.5. The van der Waals surface area contributed by atoms with Crippen LogP contribution in [0.15, 0.2) is 57.7 Å². The molecule has 1 amide bonds. The minimum Gasteiger partial charge on any atom is -0.388 e. The largest absolute Gasteiger partial charge is 0.437 e. The highest BCUT2D eigenvalue weighted by Crippen LogP contribution is 2.15. The molecule has 0 radical (unpaired) electrons. The smallest absolute Gasteiger partial charge is 0.388 e. The Kier molecular flexibility index (Phi) is 7.13. The second kappa shape index (κ2) is 9.98. The molecular formula is C22H26FN4O3+. The lowest BCUT2D eigenvalue weighted by Gasteiger charge is -2.15. The standard InChI is InChI=1S/C22H25FN4O3/c1-3-26(4-2)14-17-7-5-16(6-8-17)13-24-20(28)15-27-22(29)30-21(25-27)18-9-11-19(23)12-10-18/h5-12H,3-4,13-15H2,1-2H3,(H,24,28)/p+1. The van der Waals surface area contributed by atoms with Crippen molar-refractivity contribution in [1.29, 1.82) is 0 Å². The highest BCUT2D eigenvalue weighted by molar-refractivity contribution is 5.75. The lowest BCUT2D eigenvalue weighted by Crippen LogP contribution is -3.10. The Hall–Kier alpha value is -3.26. The number of aromatic nitrogens is 2. The van der Waals surface area contributed by atoms with E-state index >= 15 is 0 Å². The molecule has 0 atom stereocenters. The molecule has 3 aromatic rings. The van der Waals surface area contributed by atoms with Crippen molar-refractivity contribution in [3.05, 3.63) is 76.0 Å². The van der Waals surface area contributed by atoms with E-state index in [9.17, 15) is 14.0 Å². The van der Waals surface area contributed by atoms with Crippen LogP contribution in [0.3, 0.4) is 0 Å². The Morgan fingerprint density at radius 2 is 1.70 bits per heavy atom. The number of halogens is 1. The van der Waals surface area contributed by atoms with Crippen LogP contribution in [-0.4, -0.2) is 28.8 Å². The number of carbonyl (C=O) groups is 1. The first-order valence-electron chi connectivity index (χ1n) is 10.0. The minimum absolute atomic E-state index is 0.0405. The van der Waals surface area contributed by atoms with E-state index in [1.807, 2.05) is 12.1 Å². The van der Waals surface area contributed by atoms with Crippen LogP contribution < -0.4 is 16.0 Å². The fourth-order valence-electron chi connectivity index (χ4n) is 3.07. The number of carbonyl (C=O) groups excluding carboxylic acids is 1. The molecule has 0 spiro atoms. The predicted molar refractivity (Wildman–Crippen MR) is 110 cm³/mol. The van der Waals surface area contributed by atoms with E-state index in [0.29, 0.717) is 12.1 Å². The van der Waals surface area contributed by atoms with Crippen molar-refractivity contribution in [2.24, 2.45) is 0 Å². The van der Waals surface area contributed by atoms with Crippen LogP contribution in [-0.2, 0) is 24.4 Å². The third-order valence-corrected chi connectivity index (χ3v) is 4.96. The number of nitrogens with zero attached hydrogens (tertiary/aromatic N) is 2. The number of benzene rings is 2. The van der Waals surface area contributed by atoms with Gasteiger partial charge in [-0.15, -0.1) is 5.10 Å². The first kappa shape index (κ1) is 21.4. The lowest BCUT2D eigenvalue weighted by atomic mass is 10.1. The number of nitrogens with one attached hydrogen (secondary N) is 2. The maximum atomic E-state index is 13.0. The number of quaternary nitrogens is 1. The normalized spacial score (nSPS) is 11.1. The Labute approximate surface area is 174 Å². The Bertz CT molecular complexity index is 1020. The molecule has 0 bridgehead atoms. The molecular weight excluding hydrogens is 387 g/mol. The molecule has 0 aliphatic heterocycles. The van der Waals surface area contributed by atoms with Gasteiger partial charge >= 0.3 is 5.76 Å². The summed E-state index contributed by atoms with van der Waals surface area (Å²) in [7, 11) is 0. The third-order valence-electron chi connectivity index (χ3n) is 4.96. The summed E-state index contributed by atoms with van der Waals surface area (Å²) in [6.45, 7) is 7.58. The van der Waals surface area contributed by atoms with E-state index in [-0.39, 0.29) is 18.3 Å². The molecule has 0 saturated heterocycles. The number of hydrogen-bond acceptors (Lipinski definition) is 4. The van der Waals surface area contributed by atoms with E-state index in [1.54, 1.807) is 0 Å². The van der Waals surface area contributed by atoms with Crippen LogP contribution >= 0.6 is 0 Å². The zero-order chi connectivity index (χ0) is 21.5. The summed E-state index contributed by atoms with van der Waals surface area (Å²) in [4.78, 5) is 25.7. The van der Waals surface area contributed by atoms with Crippen LogP contribution in [0.2, 0.25) is 0 Å². The second-order valence-electron chi connectivity index (χ2n) is 7.06. The summed E-state index contributed by atoms with van der Waals surface area (Å²) >= 11 is 0. The maximum Gasteiger partial charge on any atom is 0.437 e. The number of rotatable bonds is 9. The molecule has 7 nitrogen and oxygen atoms in total. The highest BCUT2D eigenvalue weighted by atomic mass is 19.1. The summed E-state index contributed by atoms with van der Waals surface area (Å²) in [5.41, 5.74) is 2.69. The molecule has 0 aliphatic carbocycles. The molecule has 8 heteroatoms. The second-order valence-corrected chi connectivity index (χ2v) is 7.06. The predicted octanol–water partition coefficient (Wildman–Crippen LogP) is 1.38. The van der Waals surface area contributed by atoms with E-state index < -0.39 is 11.6 Å². The Morgan fingerprint density at radius 3 is 2.33 bits per heavy atom. The first-order valence-corrected chi connectivity index (χ1v) is 10.0. The van der Waals surface area contributed by atoms with Crippen LogP contribution in [0, 0.1) is 5.82 Å². The van der Waals surface area contributed by atoms with E-state index in [0.717, 1.165) is 29.9 Å². The monoisotopic (exact) mass is 413 g/mol. The van der Waals surface area contributed by atoms with Crippen molar-refractivity contribution in [2.75, 3.05) is 13.1 Å². The number of amides is 1. The zero-order valence-electron chi connectivity index (χ0n) is 17.2. The van der Waals surface area contributed by atoms with Crippen molar-refractivity contribution in [1.82, 2.24) is 15.1 Å². The molecule has 2 N–H and O–H groups in total. The molecule has 1 aromatic heterocycles. The van der Waals surface area contributed by atoms with Gasteiger partial charge in [-0.25, -0.2) is 9.18 Å². The first-order chi connectivity index (χ1) is 14.5. The van der Waals surface area contributed by atoms with Gasteiger partial charge in [-0.05, 0) is 43.7 Å². The van der Waals surface area contributed by atoms with Crippen LogP contribution in [0.25, 0.3) is 11.5 Å². The fraction of sp³-hybridized carbons (Fsp3) is 0.318.